The van der Waals surface area contributed by atoms with Gasteiger partial charge in [0.1, 0.15) is 0 Å². The fourth-order valence-corrected chi connectivity index (χ4v) is 10.7. The standard InChI is InChI=1S/C52H37NS/c1-51(2)43-21-11-9-19-39(43)40-28-27-38(33-45(40)51)53-47-23-13-12-22-44(47)52(36-15-5-3-6-16-36,37-17-7-4-8-18-37)46-32-35(25-29-48(46)53)34-26-30-50-42(31-34)41-20-10-14-24-49(41)54-50/h3-33H,1-2H3. The summed E-state index contributed by atoms with van der Waals surface area (Å²) in [6.07, 6.45) is 0. The smallest absolute Gasteiger partial charge is 0.0742 e. The summed E-state index contributed by atoms with van der Waals surface area (Å²) >= 11 is 1.87. The molecule has 0 bridgehead atoms. The summed E-state index contributed by atoms with van der Waals surface area (Å²) in [5.41, 5.74) is 15.8. The van der Waals surface area contributed by atoms with Crippen molar-refractivity contribution in [2.75, 3.05) is 4.90 Å². The summed E-state index contributed by atoms with van der Waals surface area (Å²) in [4.78, 5) is 2.52. The summed E-state index contributed by atoms with van der Waals surface area (Å²) < 4.78 is 2.65. The van der Waals surface area contributed by atoms with Crippen molar-refractivity contribution >= 4 is 48.6 Å². The number of thiophene rings is 1. The van der Waals surface area contributed by atoms with Gasteiger partial charge in [-0.15, -0.1) is 11.3 Å². The van der Waals surface area contributed by atoms with Gasteiger partial charge in [-0.3, -0.25) is 0 Å². The Morgan fingerprint density at radius 1 is 0.407 bits per heavy atom. The first-order valence-electron chi connectivity index (χ1n) is 18.8. The normalized spacial score (nSPS) is 14.7. The predicted octanol–water partition coefficient (Wildman–Crippen LogP) is 14.2. The van der Waals surface area contributed by atoms with E-state index in [1.54, 1.807) is 0 Å². The Kier molecular flexibility index (Phi) is 6.75. The van der Waals surface area contributed by atoms with Crippen molar-refractivity contribution in [3.05, 3.63) is 221 Å². The molecule has 0 atom stereocenters. The number of hydrogen-bond donors (Lipinski definition) is 0. The van der Waals surface area contributed by atoms with Crippen LogP contribution >= 0.6 is 11.3 Å². The highest BCUT2D eigenvalue weighted by molar-refractivity contribution is 7.25. The van der Waals surface area contributed by atoms with Gasteiger partial charge in [-0.1, -0.05) is 153 Å². The van der Waals surface area contributed by atoms with Crippen LogP contribution < -0.4 is 4.90 Å². The molecule has 2 heterocycles. The molecule has 0 fully saturated rings. The van der Waals surface area contributed by atoms with Gasteiger partial charge in [0.2, 0.25) is 0 Å². The van der Waals surface area contributed by atoms with Crippen molar-refractivity contribution in [1.82, 2.24) is 0 Å². The highest BCUT2D eigenvalue weighted by atomic mass is 32.1. The van der Waals surface area contributed by atoms with Crippen LogP contribution in [0.15, 0.2) is 188 Å². The molecule has 1 aliphatic heterocycles. The number of rotatable bonds is 4. The lowest BCUT2D eigenvalue weighted by atomic mass is 9.62. The van der Waals surface area contributed by atoms with Gasteiger partial charge < -0.3 is 4.90 Å². The second kappa shape index (κ2) is 11.6. The number of anilines is 3. The van der Waals surface area contributed by atoms with E-state index in [0.717, 1.165) is 0 Å². The molecule has 0 unspecified atom stereocenters. The summed E-state index contributed by atoms with van der Waals surface area (Å²) in [6.45, 7) is 4.74. The third kappa shape index (κ3) is 4.32. The predicted molar refractivity (Wildman–Crippen MR) is 229 cm³/mol. The fourth-order valence-electron chi connectivity index (χ4n) is 9.65. The van der Waals surface area contributed by atoms with Gasteiger partial charge in [0.25, 0.3) is 0 Å². The third-order valence-corrected chi connectivity index (χ3v) is 13.3. The van der Waals surface area contributed by atoms with Crippen molar-refractivity contribution in [3.8, 4) is 22.3 Å². The monoisotopic (exact) mass is 707 g/mol. The number of hydrogen-bond acceptors (Lipinski definition) is 2. The molecule has 2 heteroatoms. The Morgan fingerprint density at radius 3 is 1.80 bits per heavy atom. The van der Waals surface area contributed by atoms with Crippen LogP contribution in [0.25, 0.3) is 42.4 Å². The average Bonchev–Trinajstić information content (AvgIpc) is 3.71. The minimum Gasteiger partial charge on any atom is -0.310 e. The maximum absolute atomic E-state index is 2.52. The van der Waals surface area contributed by atoms with Crippen LogP contribution in [0.4, 0.5) is 17.1 Å². The molecule has 0 saturated heterocycles. The van der Waals surface area contributed by atoms with Crippen LogP contribution in [0.2, 0.25) is 0 Å². The van der Waals surface area contributed by atoms with Gasteiger partial charge in [-0.25, -0.2) is 0 Å². The van der Waals surface area contributed by atoms with Crippen LogP contribution in [0, 0.1) is 0 Å². The Labute approximate surface area is 320 Å². The first-order chi connectivity index (χ1) is 26.5. The molecular weight excluding hydrogens is 671 g/mol. The lowest BCUT2D eigenvalue weighted by Crippen LogP contribution is -2.37. The zero-order chi connectivity index (χ0) is 36.0. The van der Waals surface area contributed by atoms with Gasteiger partial charge in [0.05, 0.1) is 16.8 Å². The van der Waals surface area contributed by atoms with E-state index in [2.05, 4.69) is 207 Å². The van der Waals surface area contributed by atoms with Crippen LogP contribution in [0.1, 0.15) is 47.2 Å². The van der Waals surface area contributed by atoms with Gasteiger partial charge in [0.15, 0.2) is 0 Å². The van der Waals surface area contributed by atoms with Crippen molar-refractivity contribution < 1.29 is 0 Å². The quantitative estimate of drug-likeness (QED) is 0.176. The molecule has 0 N–H and O–H groups in total. The Hall–Kier alpha value is -6.22. The molecule has 256 valence electrons. The van der Waals surface area contributed by atoms with Crippen LogP contribution in [0.3, 0.4) is 0 Å². The zero-order valence-electron chi connectivity index (χ0n) is 30.3. The first-order valence-corrected chi connectivity index (χ1v) is 19.7. The van der Waals surface area contributed by atoms with Crippen LogP contribution in [0.5, 0.6) is 0 Å². The molecule has 0 spiro atoms. The minimum atomic E-state index is -0.563. The largest absolute Gasteiger partial charge is 0.310 e. The molecule has 1 nitrogen and oxygen atoms in total. The highest BCUT2D eigenvalue weighted by Crippen LogP contribution is 2.59. The number of fused-ring (bicyclic) bond motifs is 8. The first kappa shape index (κ1) is 31.3. The van der Waals surface area contributed by atoms with E-state index >= 15 is 0 Å². The molecule has 0 amide bonds. The maximum atomic E-state index is 2.52. The Balaban J connectivity index is 1.21. The van der Waals surface area contributed by atoms with E-state index in [0.29, 0.717) is 0 Å². The van der Waals surface area contributed by atoms with Crippen molar-refractivity contribution in [2.24, 2.45) is 0 Å². The molecule has 8 aromatic carbocycles. The molecule has 11 rings (SSSR count). The molecule has 1 aliphatic carbocycles. The molecule has 9 aromatic rings. The lowest BCUT2D eigenvalue weighted by Gasteiger charge is -2.46. The highest BCUT2D eigenvalue weighted by Gasteiger charge is 2.47. The second-order valence-electron chi connectivity index (χ2n) is 15.3. The lowest BCUT2D eigenvalue weighted by molar-refractivity contribution is 0.660. The van der Waals surface area contributed by atoms with Crippen molar-refractivity contribution in [1.29, 1.82) is 0 Å². The maximum Gasteiger partial charge on any atom is 0.0742 e. The third-order valence-electron chi connectivity index (χ3n) is 12.1. The number of para-hydroxylation sites is 1. The van der Waals surface area contributed by atoms with Crippen molar-refractivity contribution in [3.63, 3.8) is 0 Å². The number of nitrogens with zero attached hydrogens (tertiary/aromatic N) is 1. The van der Waals surface area contributed by atoms with E-state index in [1.165, 1.54) is 92.9 Å². The average molecular weight is 708 g/mol. The van der Waals surface area contributed by atoms with E-state index in [1.807, 2.05) is 11.3 Å². The molecular formula is C52H37NS. The molecule has 2 aliphatic rings. The minimum absolute atomic E-state index is 0.105. The molecule has 0 radical (unpaired) electrons. The summed E-state index contributed by atoms with van der Waals surface area (Å²) in [5.74, 6) is 0. The van der Waals surface area contributed by atoms with Crippen LogP contribution in [-0.4, -0.2) is 0 Å². The zero-order valence-corrected chi connectivity index (χ0v) is 31.1. The second-order valence-corrected chi connectivity index (χ2v) is 16.4. The van der Waals surface area contributed by atoms with Crippen LogP contribution in [-0.2, 0) is 10.8 Å². The summed E-state index contributed by atoms with van der Waals surface area (Å²) in [6, 6.07) is 70.4. The van der Waals surface area contributed by atoms with Crippen molar-refractivity contribution in [2.45, 2.75) is 24.7 Å². The SMILES string of the molecule is CC1(C)c2ccccc2-c2ccc(N3c4ccccc4C(c4ccccc4)(c4ccccc4)c4cc(-c5ccc6sc7ccccc7c6c5)ccc43)cc21. The Bertz CT molecular complexity index is 2880. The van der Waals surface area contributed by atoms with E-state index < -0.39 is 5.41 Å². The summed E-state index contributed by atoms with van der Waals surface area (Å²) in [7, 11) is 0. The van der Waals surface area contributed by atoms with E-state index in [9.17, 15) is 0 Å². The van der Waals surface area contributed by atoms with E-state index in [-0.39, 0.29) is 5.41 Å². The van der Waals surface area contributed by atoms with Gasteiger partial charge in [-0.05, 0) is 104 Å². The fraction of sp³-hybridized carbons (Fsp3) is 0.0769. The topological polar surface area (TPSA) is 3.24 Å². The van der Waals surface area contributed by atoms with Gasteiger partial charge in [0, 0.05) is 31.3 Å². The van der Waals surface area contributed by atoms with Gasteiger partial charge >= 0.3 is 0 Å². The molecule has 0 saturated carbocycles. The summed E-state index contributed by atoms with van der Waals surface area (Å²) in [5, 5.41) is 2.64. The Morgan fingerprint density at radius 2 is 1.00 bits per heavy atom. The molecule has 1 aromatic heterocycles. The van der Waals surface area contributed by atoms with E-state index in [4.69, 9.17) is 0 Å². The number of benzene rings is 8. The molecule has 54 heavy (non-hydrogen) atoms. The van der Waals surface area contributed by atoms with Gasteiger partial charge in [-0.2, -0.15) is 0 Å².